The first-order valence-electron chi connectivity index (χ1n) is 9.65. The first-order valence-corrected chi connectivity index (χ1v) is 12.3. The minimum absolute atomic E-state index is 0.0326. The molecule has 2 fully saturated rings. The molecular formula is C18H26ClN3O4S2. The van der Waals surface area contributed by atoms with Crippen LogP contribution >= 0.6 is 22.9 Å². The normalized spacial score (nSPS) is 21.7. The van der Waals surface area contributed by atoms with Gasteiger partial charge in [0.25, 0.3) is 10.0 Å². The van der Waals surface area contributed by atoms with Crippen LogP contribution < -0.4 is 0 Å². The molecular weight excluding hydrogens is 422 g/mol. The maximum absolute atomic E-state index is 12.9. The van der Waals surface area contributed by atoms with E-state index >= 15 is 0 Å². The van der Waals surface area contributed by atoms with Crippen molar-refractivity contribution < 1.29 is 18.0 Å². The molecule has 1 unspecified atom stereocenters. The van der Waals surface area contributed by atoms with Crippen molar-refractivity contribution in [2.75, 3.05) is 39.3 Å². The van der Waals surface area contributed by atoms with Crippen LogP contribution in [0.25, 0.3) is 0 Å². The predicted octanol–water partition coefficient (Wildman–Crippen LogP) is 2.27. The zero-order valence-corrected chi connectivity index (χ0v) is 18.4. The lowest BCUT2D eigenvalue weighted by Crippen LogP contribution is -2.54. The lowest BCUT2D eigenvalue weighted by atomic mass is 9.96. The number of piperazine rings is 1. The summed E-state index contributed by atoms with van der Waals surface area (Å²) in [5, 5.41) is 0. The zero-order valence-electron chi connectivity index (χ0n) is 16.0. The van der Waals surface area contributed by atoms with Crippen LogP contribution in [0.5, 0.6) is 0 Å². The van der Waals surface area contributed by atoms with E-state index < -0.39 is 10.0 Å². The number of amides is 2. The number of thiophene rings is 1. The smallest absolute Gasteiger partial charge is 0.252 e. The van der Waals surface area contributed by atoms with Crippen LogP contribution in [-0.4, -0.2) is 73.6 Å². The molecule has 0 radical (unpaired) electrons. The van der Waals surface area contributed by atoms with Crippen LogP contribution in [-0.2, 0) is 19.6 Å². The number of sulfonamides is 1. The summed E-state index contributed by atoms with van der Waals surface area (Å²) in [6.07, 6.45) is 2.93. The molecule has 1 aromatic heterocycles. The number of rotatable bonds is 5. The van der Waals surface area contributed by atoms with E-state index in [1.807, 2.05) is 6.92 Å². The van der Waals surface area contributed by atoms with Crippen LogP contribution in [0.3, 0.4) is 0 Å². The molecule has 3 heterocycles. The maximum atomic E-state index is 12.9. The van der Waals surface area contributed by atoms with E-state index in [0.29, 0.717) is 30.4 Å². The van der Waals surface area contributed by atoms with Gasteiger partial charge in [0.15, 0.2) is 0 Å². The molecule has 2 aliphatic heterocycles. The summed E-state index contributed by atoms with van der Waals surface area (Å²) in [6.45, 7) is 4.46. The second kappa shape index (κ2) is 9.11. The second-order valence-corrected chi connectivity index (χ2v) is 11.1. The zero-order chi connectivity index (χ0) is 20.3. The number of carbonyl (C=O) groups excluding carboxylic acids is 2. The van der Waals surface area contributed by atoms with Crippen molar-refractivity contribution in [3.05, 3.63) is 16.5 Å². The van der Waals surface area contributed by atoms with Gasteiger partial charge in [0.1, 0.15) is 4.21 Å². The molecule has 2 aliphatic rings. The number of hydrogen-bond donors (Lipinski definition) is 0. The molecule has 2 saturated heterocycles. The standard InChI is InChI=1S/C18H26ClN3O4S2/c1-2-4-16(23)21-8-3-5-14(13-21)18(24)20-9-11-22(12-10-20)28(25,26)17-7-6-15(19)27-17/h6-7,14H,2-5,8-13H2,1H3. The fourth-order valence-electron chi connectivity index (χ4n) is 3.75. The number of halogens is 1. The summed E-state index contributed by atoms with van der Waals surface area (Å²) >= 11 is 6.91. The van der Waals surface area contributed by atoms with Gasteiger partial charge >= 0.3 is 0 Å². The van der Waals surface area contributed by atoms with E-state index in [4.69, 9.17) is 11.6 Å². The summed E-state index contributed by atoms with van der Waals surface area (Å²) in [7, 11) is -3.56. The summed E-state index contributed by atoms with van der Waals surface area (Å²) in [5.41, 5.74) is 0. The Morgan fingerprint density at radius 3 is 2.46 bits per heavy atom. The van der Waals surface area contributed by atoms with E-state index in [0.717, 1.165) is 37.1 Å². The van der Waals surface area contributed by atoms with E-state index in [9.17, 15) is 18.0 Å². The highest BCUT2D eigenvalue weighted by Crippen LogP contribution is 2.29. The molecule has 0 aliphatic carbocycles. The Morgan fingerprint density at radius 1 is 1.14 bits per heavy atom. The van der Waals surface area contributed by atoms with Gasteiger partial charge in [-0.15, -0.1) is 11.3 Å². The van der Waals surface area contributed by atoms with Gasteiger partial charge in [-0.05, 0) is 31.4 Å². The van der Waals surface area contributed by atoms with Crippen molar-refractivity contribution in [1.29, 1.82) is 0 Å². The Morgan fingerprint density at radius 2 is 1.86 bits per heavy atom. The largest absolute Gasteiger partial charge is 0.342 e. The highest BCUT2D eigenvalue weighted by Gasteiger charge is 2.35. The Kier molecular flexibility index (Phi) is 7.01. The van der Waals surface area contributed by atoms with Gasteiger partial charge in [-0.3, -0.25) is 9.59 Å². The monoisotopic (exact) mass is 447 g/mol. The van der Waals surface area contributed by atoms with Gasteiger partial charge in [-0.25, -0.2) is 8.42 Å². The number of carbonyl (C=O) groups is 2. The summed E-state index contributed by atoms with van der Waals surface area (Å²) < 4.78 is 27.5. The lowest BCUT2D eigenvalue weighted by Gasteiger charge is -2.38. The minimum atomic E-state index is -3.56. The molecule has 2 amide bonds. The molecule has 0 aromatic carbocycles. The predicted molar refractivity (Wildman–Crippen MR) is 109 cm³/mol. The highest BCUT2D eigenvalue weighted by atomic mass is 35.5. The molecule has 10 heteroatoms. The molecule has 3 rings (SSSR count). The van der Waals surface area contributed by atoms with Crippen molar-refractivity contribution in [3.8, 4) is 0 Å². The van der Waals surface area contributed by atoms with Gasteiger partial charge in [-0.2, -0.15) is 4.31 Å². The summed E-state index contributed by atoms with van der Waals surface area (Å²) in [5.74, 6) is -0.0375. The van der Waals surface area contributed by atoms with Crippen LogP contribution in [0.2, 0.25) is 4.34 Å². The number of hydrogen-bond acceptors (Lipinski definition) is 5. The van der Waals surface area contributed by atoms with Crippen molar-refractivity contribution in [2.24, 2.45) is 5.92 Å². The first kappa shape index (κ1) is 21.5. The van der Waals surface area contributed by atoms with E-state index in [1.54, 1.807) is 15.9 Å². The SMILES string of the molecule is CCCC(=O)N1CCCC(C(=O)N2CCN(S(=O)(=O)c3ccc(Cl)s3)CC2)C1. The van der Waals surface area contributed by atoms with E-state index in [2.05, 4.69) is 0 Å². The van der Waals surface area contributed by atoms with Crippen LogP contribution in [0, 0.1) is 5.92 Å². The third kappa shape index (κ3) is 4.69. The maximum Gasteiger partial charge on any atom is 0.252 e. The average molecular weight is 448 g/mol. The second-order valence-electron chi connectivity index (χ2n) is 7.22. The average Bonchev–Trinajstić information content (AvgIpc) is 3.15. The molecule has 28 heavy (non-hydrogen) atoms. The fraction of sp³-hybridized carbons (Fsp3) is 0.667. The highest BCUT2D eigenvalue weighted by molar-refractivity contribution is 7.91. The van der Waals surface area contributed by atoms with Crippen molar-refractivity contribution >= 4 is 44.8 Å². The van der Waals surface area contributed by atoms with Crippen LogP contribution in [0.1, 0.15) is 32.6 Å². The van der Waals surface area contributed by atoms with E-state index in [-0.39, 0.29) is 35.0 Å². The van der Waals surface area contributed by atoms with Crippen LogP contribution in [0.4, 0.5) is 0 Å². The molecule has 1 aromatic rings. The van der Waals surface area contributed by atoms with Gasteiger partial charge in [-0.1, -0.05) is 18.5 Å². The number of likely N-dealkylation sites (tertiary alicyclic amines) is 1. The van der Waals surface area contributed by atoms with Crippen molar-refractivity contribution in [2.45, 2.75) is 36.8 Å². The van der Waals surface area contributed by atoms with Gasteiger partial charge < -0.3 is 9.80 Å². The Balaban J connectivity index is 1.57. The van der Waals surface area contributed by atoms with Crippen molar-refractivity contribution in [3.63, 3.8) is 0 Å². The Bertz CT molecular complexity index is 819. The third-order valence-corrected chi connectivity index (χ3v) is 8.88. The van der Waals surface area contributed by atoms with E-state index in [1.165, 1.54) is 10.4 Å². The van der Waals surface area contributed by atoms with Gasteiger partial charge in [0.2, 0.25) is 11.8 Å². The summed E-state index contributed by atoms with van der Waals surface area (Å²) in [6, 6.07) is 3.09. The first-order chi connectivity index (χ1) is 13.3. The van der Waals surface area contributed by atoms with Crippen molar-refractivity contribution in [1.82, 2.24) is 14.1 Å². The van der Waals surface area contributed by atoms with Gasteiger partial charge in [0, 0.05) is 45.7 Å². The van der Waals surface area contributed by atoms with Crippen LogP contribution in [0.15, 0.2) is 16.3 Å². The molecule has 0 spiro atoms. The molecule has 7 nitrogen and oxygen atoms in total. The Hall–Kier alpha value is -1.16. The molecule has 0 bridgehead atoms. The van der Waals surface area contributed by atoms with Gasteiger partial charge in [0.05, 0.1) is 10.3 Å². The third-order valence-electron chi connectivity index (χ3n) is 5.28. The molecule has 1 atom stereocenters. The Labute approximate surface area is 175 Å². The lowest BCUT2D eigenvalue weighted by molar-refractivity contribution is -0.141. The molecule has 0 N–H and O–H groups in total. The fourth-order valence-corrected chi connectivity index (χ4v) is 6.81. The topological polar surface area (TPSA) is 78.0 Å². The quantitative estimate of drug-likeness (QED) is 0.693. The number of piperidine rings is 1. The minimum Gasteiger partial charge on any atom is -0.342 e. The summed E-state index contributed by atoms with van der Waals surface area (Å²) in [4.78, 5) is 28.6. The molecule has 156 valence electrons. The number of nitrogens with zero attached hydrogens (tertiary/aromatic N) is 3. The molecule has 0 saturated carbocycles.